The minimum absolute atomic E-state index is 0.112. The van der Waals surface area contributed by atoms with Gasteiger partial charge >= 0.3 is 0 Å². The Labute approximate surface area is 149 Å². The van der Waals surface area contributed by atoms with Crippen LogP contribution in [0, 0.1) is 19.8 Å². The number of hydrogen-bond acceptors (Lipinski definition) is 5. The zero-order valence-electron chi connectivity index (χ0n) is 15.0. The first-order chi connectivity index (χ1) is 11.9. The number of nitrogens with zero attached hydrogens (tertiary/aromatic N) is 3. The van der Waals surface area contributed by atoms with Crippen LogP contribution in [0.15, 0.2) is 9.42 Å². The lowest BCUT2D eigenvalue weighted by Gasteiger charge is -2.34. The van der Waals surface area contributed by atoms with Crippen molar-refractivity contribution in [2.24, 2.45) is 5.92 Å². The van der Waals surface area contributed by atoms with Crippen LogP contribution in [0.1, 0.15) is 50.0 Å². The van der Waals surface area contributed by atoms with Crippen molar-refractivity contribution in [3.8, 4) is 0 Å². The highest BCUT2D eigenvalue weighted by Gasteiger charge is 2.37. The van der Waals surface area contributed by atoms with E-state index in [2.05, 4.69) is 5.16 Å². The Morgan fingerprint density at radius 1 is 1.08 bits per heavy atom. The van der Waals surface area contributed by atoms with E-state index >= 15 is 0 Å². The molecule has 1 atom stereocenters. The van der Waals surface area contributed by atoms with Crippen LogP contribution >= 0.6 is 0 Å². The molecule has 1 unspecified atom stereocenters. The van der Waals surface area contributed by atoms with Crippen LogP contribution < -0.4 is 0 Å². The molecule has 0 N–H and O–H groups in total. The minimum atomic E-state index is -3.68. The molecule has 8 heteroatoms. The predicted octanol–water partition coefficient (Wildman–Crippen LogP) is 2.09. The van der Waals surface area contributed by atoms with Gasteiger partial charge in [-0.05, 0) is 39.5 Å². The molecule has 0 bridgehead atoms. The summed E-state index contributed by atoms with van der Waals surface area (Å²) in [6.07, 6.45) is 5.87. The van der Waals surface area contributed by atoms with Crippen molar-refractivity contribution in [3.63, 3.8) is 0 Å². The van der Waals surface area contributed by atoms with Crippen molar-refractivity contribution < 1.29 is 17.7 Å². The maximum absolute atomic E-state index is 13.0. The van der Waals surface area contributed by atoms with Crippen molar-refractivity contribution >= 4 is 15.9 Å². The molecule has 3 heterocycles. The van der Waals surface area contributed by atoms with Gasteiger partial charge in [0.1, 0.15) is 10.6 Å². The van der Waals surface area contributed by atoms with Crippen LogP contribution in [0.25, 0.3) is 0 Å². The van der Waals surface area contributed by atoms with Crippen molar-refractivity contribution in [1.82, 2.24) is 14.4 Å². The molecule has 0 radical (unpaired) electrons. The van der Waals surface area contributed by atoms with Gasteiger partial charge in [0.05, 0.1) is 5.92 Å². The SMILES string of the molecule is Cc1noc(C)c1S(=O)(=O)N1CCCC(C(=O)N2CCCCCC2)C1. The Morgan fingerprint density at radius 2 is 1.76 bits per heavy atom. The molecule has 7 nitrogen and oxygen atoms in total. The van der Waals surface area contributed by atoms with Gasteiger partial charge in [-0.25, -0.2) is 8.42 Å². The van der Waals surface area contributed by atoms with Gasteiger partial charge in [-0.15, -0.1) is 0 Å². The lowest BCUT2D eigenvalue weighted by Crippen LogP contribution is -2.47. The zero-order valence-corrected chi connectivity index (χ0v) is 15.8. The van der Waals surface area contributed by atoms with Crippen molar-refractivity contribution in [1.29, 1.82) is 0 Å². The van der Waals surface area contributed by atoms with Crippen LogP contribution in [0.4, 0.5) is 0 Å². The highest BCUT2D eigenvalue weighted by molar-refractivity contribution is 7.89. The van der Waals surface area contributed by atoms with Gasteiger partial charge in [0.25, 0.3) is 0 Å². The molecule has 2 fully saturated rings. The van der Waals surface area contributed by atoms with E-state index in [0.29, 0.717) is 24.4 Å². The van der Waals surface area contributed by atoms with Crippen LogP contribution in [-0.4, -0.2) is 54.9 Å². The number of aromatic nitrogens is 1. The summed E-state index contributed by atoms with van der Waals surface area (Å²) in [5.41, 5.74) is 0.374. The summed E-state index contributed by atoms with van der Waals surface area (Å²) in [4.78, 5) is 15.0. The van der Waals surface area contributed by atoms with E-state index in [-0.39, 0.29) is 23.3 Å². The number of sulfonamides is 1. The predicted molar refractivity (Wildman–Crippen MR) is 92.5 cm³/mol. The number of rotatable bonds is 3. The quantitative estimate of drug-likeness (QED) is 0.815. The van der Waals surface area contributed by atoms with Crippen LogP contribution in [0.5, 0.6) is 0 Å². The molecule has 2 aliphatic rings. The highest BCUT2D eigenvalue weighted by Crippen LogP contribution is 2.28. The summed E-state index contributed by atoms with van der Waals surface area (Å²) in [5.74, 6) is 0.168. The molecule has 3 rings (SSSR count). The van der Waals surface area contributed by atoms with Crippen LogP contribution in [-0.2, 0) is 14.8 Å². The maximum atomic E-state index is 13.0. The Morgan fingerprint density at radius 3 is 2.36 bits per heavy atom. The summed E-state index contributed by atoms with van der Waals surface area (Å²) in [7, 11) is -3.68. The van der Waals surface area contributed by atoms with Gasteiger partial charge in [0.15, 0.2) is 5.76 Å². The molecular formula is C17H27N3O4S. The van der Waals surface area contributed by atoms with Gasteiger partial charge < -0.3 is 9.42 Å². The average molecular weight is 369 g/mol. The third-order valence-corrected chi connectivity index (χ3v) is 7.33. The van der Waals surface area contributed by atoms with Crippen molar-refractivity contribution in [2.45, 2.75) is 57.3 Å². The fourth-order valence-corrected chi connectivity index (χ4v) is 5.70. The smallest absolute Gasteiger partial charge is 0.248 e. The maximum Gasteiger partial charge on any atom is 0.248 e. The number of aryl methyl sites for hydroxylation is 2. The summed E-state index contributed by atoms with van der Waals surface area (Å²) < 4.78 is 32.4. The summed E-state index contributed by atoms with van der Waals surface area (Å²) >= 11 is 0. The van der Waals surface area contributed by atoms with Gasteiger partial charge in [0.2, 0.25) is 15.9 Å². The Bertz CT molecular complexity index is 701. The number of piperidine rings is 1. The summed E-state index contributed by atoms with van der Waals surface area (Å²) in [6.45, 7) is 5.53. The summed E-state index contributed by atoms with van der Waals surface area (Å²) in [6, 6.07) is 0. The van der Waals surface area contributed by atoms with E-state index in [1.807, 2.05) is 4.90 Å². The normalized spacial score (nSPS) is 23.4. The minimum Gasteiger partial charge on any atom is -0.360 e. The number of likely N-dealkylation sites (tertiary alicyclic amines) is 1. The molecule has 1 amide bonds. The van der Waals surface area contributed by atoms with E-state index in [1.165, 1.54) is 17.1 Å². The first-order valence-corrected chi connectivity index (χ1v) is 10.6. The topological polar surface area (TPSA) is 83.7 Å². The number of hydrogen-bond donors (Lipinski definition) is 0. The second kappa shape index (κ2) is 7.45. The lowest BCUT2D eigenvalue weighted by atomic mass is 9.98. The Hall–Kier alpha value is -1.41. The average Bonchev–Trinajstić information content (AvgIpc) is 2.81. The fraction of sp³-hybridized carbons (Fsp3) is 0.765. The molecule has 0 aliphatic carbocycles. The summed E-state index contributed by atoms with van der Waals surface area (Å²) in [5, 5.41) is 3.76. The van der Waals surface area contributed by atoms with Gasteiger partial charge in [-0.2, -0.15) is 4.31 Å². The third kappa shape index (κ3) is 3.74. The van der Waals surface area contributed by atoms with E-state index < -0.39 is 10.0 Å². The Kier molecular flexibility index (Phi) is 5.48. The van der Waals surface area contributed by atoms with E-state index in [4.69, 9.17) is 4.52 Å². The molecule has 0 saturated carbocycles. The van der Waals surface area contributed by atoms with Crippen molar-refractivity contribution in [3.05, 3.63) is 11.5 Å². The van der Waals surface area contributed by atoms with Gasteiger partial charge in [-0.3, -0.25) is 4.79 Å². The molecule has 140 valence electrons. The molecule has 0 aromatic carbocycles. The van der Waals surface area contributed by atoms with Crippen molar-refractivity contribution in [2.75, 3.05) is 26.2 Å². The second-order valence-corrected chi connectivity index (χ2v) is 8.97. The number of carbonyl (C=O) groups excluding carboxylic acids is 1. The fourth-order valence-electron chi connectivity index (χ4n) is 3.88. The van der Waals surface area contributed by atoms with E-state index in [0.717, 1.165) is 32.4 Å². The van der Waals surface area contributed by atoms with Crippen LogP contribution in [0.2, 0.25) is 0 Å². The van der Waals surface area contributed by atoms with Gasteiger partial charge in [-0.1, -0.05) is 18.0 Å². The standard InChI is InChI=1S/C17H27N3O4S/c1-13-16(14(2)24-18-13)25(22,23)20-11-7-8-15(12-20)17(21)19-9-5-3-4-6-10-19/h15H,3-12H2,1-2H3. The molecule has 2 saturated heterocycles. The zero-order chi connectivity index (χ0) is 18.0. The van der Waals surface area contributed by atoms with Gasteiger partial charge in [0, 0.05) is 26.2 Å². The first-order valence-electron chi connectivity index (χ1n) is 9.13. The Balaban J connectivity index is 1.75. The molecule has 1 aromatic rings. The number of amides is 1. The largest absolute Gasteiger partial charge is 0.360 e. The molecule has 0 spiro atoms. The molecular weight excluding hydrogens is 342 g/mol. The van der Waals surface area contributed by atoms with E-state index in [1.54, 1.807) is 13.8 Å². The first kappa shape index (κ1) is 18.4. The van der Waals surface area contributed by atoms with E-state index in [9.17, 15) is 13.2 Å². The van der Waals surface area contributed by atoms with Crippen LogP contribution in [0.3, 0.4) is 0 Å². The highest BCUT2D eigenvalue weighted by atomic mass is 32.2. The lowest BCUT2D eigenvalue weighted by molar-refractivity contribution is -0.136. The monoisotopic (exact) mass is 369 g/mol. The second-order valence-electron chi connectivity index (χ2n) is 7.09. The molecule has 1 aromatic heterocycles. The molecule has 25 heavy (non-hydrogen) atoms. The third-order valence-electron chi connectivity index (χ3n) is 5.22. The number of carbonyl (C=O) groups is 1. The molecule has 2 aliphatic heterocycles.